The lowest BCUT2D eigenvalue weighted by Gasteiger charge is -2.08. The van der Waals surface area contributed by atoms with Crippen LogP contribution in [0.2, 0.25) is 10.0 Å². The fourth-order valence-electron chi connectivity index (χ4n) is 3.96. The van der Waals surface area contributed by atoms with E-state index >= 15 is 0 Å². The van der Waals surface area contributed by atoms with E-state index in [1.165, 1.54) is 0 Å². The Morgan fingerprint density at radius 3 is 1.44 bits per heavy atom. The molecule has 2 atom stereocenters. The molecule has 0 aliphatic heterocycles. The van der Waals surface area contributed by atoms with Crippen LogP contribution in [0.25, 0.3) is 22.5 Å². The number of carbonyl (C=O) groups excluding carboxylic acids is 2. The number of benzene rings is 2. The number of hydrogen-bond acceptors (Lipinski definition) is 10. The van der Waals surface area contributed by atoms with Gasteiger partial charge in [0.25, 0.3) is 0 Å². The first-order chi connectivity index (χ1) is 22.8. The second kappa shape index (κ2) is 17.9. The summed E-state index contributed by atoms with van der Waals surface area (Å²) in [5.41, 5.74) is 2.29. The summed E-state index contributed by atoms with van der Waals surface area (Å²) >= 11 is 14.1. The molecule has 12 nitrogen and oxygen atoms in total. The minimum absolute atomic E-state index is 0.0797. The minimum atomic E-state index is -0.945. The van der Waals surface area contributed by atoms with Gasteiger partial charge in [-0.25, -0.2) is 9.97 Å². The number of rotatable bonds is 12. The molecule has 1 unspecified atom stereocenters. The van der Waals surface area contributed by atoms with E-state index in [0.717, 1.165) is 22.7 Å². The summed E-state index contributed by atoms with van der Waals surface area (Å²) in [6.07, 6.45) is 0.310. The number of halogens is 2. The lowest BCUT2D eigenvalue weighted by molar-refractivity contribution is -0.138. The predicted octanol–water partition coefficient (Wildman–Crippen LogP) is 7.55. The number of nitrogens with one attached hydrogen (secondary N) is 2. The van der Waals surface area contributed by atoms with E-state index in [-0.39, 0.29) is 37.5 Å². The zero-order valence-corrected chi connectivity index (χ0v) is 28.6. The molecule has 0 aliphatic carbocycles. The van der Waals surface area contributed by atoms with E-state index in [1.54, 1.807) is 62.4 Å². The molecule has 0 bridgehead atoms. The van der Waals surface area contributed by atoms with Gasteiger partial charge in [-0.05, 0) is 37.1 Å². The van der Waals surface area contributed by atoms with Gasteiger partial charge in [0.1, 0.15) is 33.3 Å². The van der Waals surface area contributed by atoms with Gasteiger partial charge < -0.3 is 20.8 Å². The predicted molar refractivity (Wildman–Crippen MR) is 184 cm³/mol. The van der Waals surface area contributed by atoms with E-state index in [0.29, 0.717) is 52.6 Å². The van der Waals surface area contributed by atoms with Crippen LogP contribution in [0.3, 0.4) is 0 Å². The molecule has 2 heterocycles. The van der Waals surface area contributed by atoms with E-state index in [1.807, 2.05) is 0 Å². The van der Waals surface area contributed by atoms with Crippen LogP contribution in [0.5, 0.6) is 0 Å². The molecular formula is C32H28Cl2N6O6S2. The number of carbonyl (C=O) groups is 4. The minimum Gasteiger partial charge on any atom is -0.481 e. The second-order valence-electron chi connectivity index (χ2n) is 10.3. The Hall–Kier alpha value is -4.86. The van der Waals surface area contributed by atoms with E-state index < -0.39 is 23.8 Å². The van der Waals surface area contributed by atoms with Gasteiger partial charge >= 0.3 is 11.9 Å². The van der Waals surface area contributed by atoms with Crippen molar-refractivity contribution in [2.24, 2.45) is 11.8 Å². The standard InChI is InChI=1S/2C16H14ClN3O3S/c2*1-9(5-6-13(21)22)15(23)20-16-19-14(12(8-18)24-16)10-3-2-4-11(17)7-10/h2*2-4,7,9H,5-6H2,1H3,(H,21,22)(H,19,20,23)/t9-;/m1./s1. The molecule has 2 aromatic carbocycles. The number of carboxylic acids is 2. The Balaban J connectivity index is 0.000000260. The fourth-order valence-corrected chi connectivity index (χ4v) is 5.92. The lowest BCUT2D eigenvalue weighted by Crippen LogP contribution is -2.21. The molecule has 2 aromatic heterocycles. The molecule has 4 rings (SSSR count). The normalized spacial score (nSPS) is 11.5. The van der Waals surface area contributed by atoms with Crippen molar-refractivity contribution < 1.29 is 29.4 Å². The molecule has 16 heteroatoms. The molecule has 0 saturated heterocycles. The molecule has 0 spiro atoms. The van der Waals surface area contributed by atoms with Gasteiger partial charge in [-0.1, -0.05) is 84.0 Å². The molecule has 4 N–H and O–H groups in total. The summed E-state index contributed by atoms with van der Waals surface area (Å²) in [4.78, 5) is 54.6. The maximum atomic E-state index is 12.1. The number of amides is 2. The Morgan fingerprint density at radius 1 is 0.750 bits per heavy atom. The van der Waals surface area contributed by atoms with E-state index in [4.69, 9.17) is 33.4 Å². The van der Waals surface area contributed by atoms with Gasteiger partial charge in [-0.3, -0.25) is 19.2 Å². The van der Waals surface area contributed by atoms with Crippen molar-refractivity contribution in [3.05, 3.63) is 68.3 Å². The highest BCUT2D eigenvalue weighted by molar-refractivity contribution is 7.17. The summed E-state index contributed by atoms with van der Waals surface area (Å²) in [6, 6.07) is 18.0. The van der Waals surface area contributed by atoms with Crippen LogP contribution in [-0.2, 0) is 19.2 Å². The van der Waals surface area contributed by atoms with Crippen LogP contribution < -0.4 is 10.6 Å². The van der Waals surface area contributed by atoms with Crippen molar-refractivity contribution in [3.8, 4) is 34.7 Å². The lowest BCUT2D eigenvalue weighted by atomic mass is 10.1. The highest BCUT2D eigenvalue weighted by atomic mass is 35.5. The molecule has 0 aliphatic rings. The average Bonchev–Trinajstić information content (AvgIpc) is 3.66. The molecule has 4 aromatic rings. The van der Waals surface area contributed by atoms with Crippen molar-refractivity contribution in [1.29, 1.82) is 10.5 Å². The number of aromatic nitrogens is 2. The van der Waals surface area contributed by atoms with Crippen molar-refractivity contribution in [2.45, 2.75) is 39.5 Å². The Bertz CT molecular complexity index is 1760. The van der Waals surface area contributed by atoms with Gasteiger partial charge in [0.2, 0.25) is 11.8 Å². The van der Waals surface area contributed by atoms with Crippen molar-refractivity contribution in [3.63, 3.8) is 0 Å². The Morgan fingerprint density at radius 2 is 1.12 bits per heavy atom. The molecular weight excluding hydrogens is 699 g/mol. The number of thiazole rings is 2. The number of aliphatic carboxylic acids is 2. The largest absolute Gasteiger partial charge is 0.481 e. The number of hydrogen-bond donors (Lipinski definition) is 4. The summed E-state index contributed by atoms with van der Waals surface area (Å²) in [7, 11) is 0. The van der Waals surface area contributed by atoms with Crippen LogP contribution in [0.1, 0.15) is 49.3 Å². The van der Waals surface area contributed by atoms with Crippen LogP contribution >= 0.6 is 45.9 Å². The smallest absolute Gasteiger partial charge is 0.303 e. The van der Waals surface area contributed by atoms with Gasteiger partial charge in [-0.2, -0.15) is 10.5 Å². The van der Waals surface area contributed by atoms with E-state index in [2.05, 4.69) is 32.7 Å². The molecule has 248 valence electrons. The number of nitrogens with zero attached hydrogens (tertiary/aromatic N) is 4. The summed E-state index contributed by atoms with van der Waals surface area (Å²) < 4.78 is 0. The first-order valence-corrected chi connectivity index (χ1v) is 16.6. The zero-order valence-electron chi connectivity index (χ0n) is 25.5. The first kappa shape index (κ1) is 37.6. The highest BCUT2D eigenvalue weighted by Gasteiger charge is 2.20. The molecule has 0 saturated carbocycles. The zero-order chi connectivity index (χ0) is 35.4. The van der Waals surface area contributed by atoms with Crippen molar-refractivity contribution >= 4 is 79.9 Å². The van der Waals surface area contributed by atoms with Gasteiger partial charge in [0, 0.05) is 45.8 Å². The summed E-state index contributed by atoms with van der Waals surface area (Å²) in [5, 5.41) is 42.8. The topological polar surface area (TPSA) is 206 Å². The first-order valence-electron chi connectivity index (χ1n) is 14.2. The quantitative estimate of drug-likeness (QED) is 0.113. The highest BCUT2D eigenvalue weighted by Crippen LogP contribution is 2.33. The third-order valence-electron chi connectivity index (χ3n) is 6.59. The van der Waals surface area contributed by atoms with Crippen LogP contribution in [0.15, 0.2) is 48.5 Å². The molecule has 0 fully saturated rings. The van der Waals surface area contributed by atoms with Crippen LogP contribution in [-0.4, -0.2) is 43.9 Å². The molecule has 0 radical (unpaired) electrons. The van der Waals surface area contributed by atoms with Gasteiger partial charge in [0.05, 0.1) is 0 Å². The Kier molecular flexibility index (Phi) is 14.0. The second-order valence-corrected chi connectivity index (χ2v) is 13.2. The summed E-state index contributed by atoms with van der Waals surface area (Å²) in [5.74, 6) is -3.48. The SMILES string of the molecule is CC(CCC(=O)O)C(=O)Nc1nc(-c2cccc(Cl)c2)c(C#N)s1.C[C@H](CCC(=O)O)C(=O)Nc1nc(-c2cccc(Cl)c2)c(C#N)s1. The van der Waals surface area contributed by atoms with Crippen molar-refractivity contribution in [1.82, 2.24) is 9.97 Å². The third-order valence-corrected chi connectivity index (χ3v) is 8.81. The number of anilines is 2. The van der Waals surface area contributed by atoms with Crippen LogP contribution in [0, 0.1) is 34.5 Å². The third kappa shape index (κ3) is 11.1. The van der Waals surface area contributed by atoms with Gasteiger partial charge in [-0.15, -0.1) is 0 Å². The fraction of sp³-hybridized carbons (Fsp3) is 0.250. The average molecular weight is 728 g/mol. The van der Waals surface area contributed by atoms with Gasteiger partial charge in [0.15, 0.2) is 10.3 Å². The summed E-state index contributed by atoms with van der Waals surface area (Å²) in [6.45, 7) is 3.30. The molecule has 48 heavy (non-hydrogen) atoms. The molecule has 2 amide bonds. The Labute approximate surface area is 293 Å². The monoisotopic (exact) mass is 726 g/mol. The number of nitriles is 2. The van der Waals surface area contributed by atoms with Crippen LogP contribution in [0.4, 0.5) is 10.3 Å². The van der Waals surface area contributed by atoms with E-state index in [9.17, 15) is 29.7 Å². The maximum Gasteiger partial charge on any atom is 0.303 e. The number of carboxylic acid groups (broad SMARTS) is 2. The van der Waals surface area contributed by atoms with Crippen molar-refractivity contribution in [2.75, 3.05) is 10.6 Å². The maximum absolute atomic E-state index is 12.1.